The second-order valence-electron chi connectivity index (χ2n) is 3.09. The van der Waals surface area contributed by atoms with Gasteiger partial charge in [0.05, 0.1) is 13.7 Å². The van der Waals surface area contributed by atoms with Crippen LogP contribution in [0.2, 0.25) is 0 Å². The van der Waals surface area contributed by atoms with E-state index in [1.165, 1.54) is 26.4 Å². The van der Waals surface area contributed by atoms with E-state index in [-0.39, 0.29) is 12.2 Å². The lowest BCUT2D eigenvalue weighted by atomic mass is 10.1. The summed E-state index contributed by atoms with van der Waals surface area (Å²) in [5, 5.41) is 8.57. The van der Waals surface area contributed by atoms with Gasteiger partial charge in [-0.3, -0.25) is 4.79 Å². The van der Waals surface area contributed by atoms with Crippen LogP contribution in [0.4, 0.5) is 0 Å². The lowest BCUT2D eigenvalue weighted by molar-refractivity contribution is -0.131. The molecule has 0 bridgehead atoms. The molecule has 1 rings (SSSR count). The molecule has 5 nitrogen and oxygen atoms in total. The van der Waals surface area contributed by atoms with E-state index in [4.69, 9.17) is 14.6 Å². The van der Waals surface area contributed by atoms with E-state index in [0.29, 0.717) is 11.3 Å². The Balaban J connectivity index is 3.11. The monoisotopic (exact) mass is 224 g/mol. The van der Waals surface area contributed by atoms with Gasteiger partial charge in [-0.1, -0.05) is 0 Å². The highest BCUT2D eigenvalue weighted by atomic mass is 16.5. The Morgan fingerprint density at radius 2 is 2.00 bits per heavy atom. The fourth-order valence-electron chi connectivity index (χ4n) is 1.31. The zero-order valence-corrected chi connectivity index (χ0v) is 9.02. The molecule has 1 aromatic carbocycles. The molecule has 0 saturated heterocycles. The molecule has 1 N–H and O–H groups in total. The summed E-state index contributed by atoms with van der Waals surface area (Å²) in [4.78, 5) is 21.7. The minimum atomic E-state index is -1.48. The van der Waals surface area contributed by atoms with Gasteiger partial charge in [-0.25, -0.2) is 4.79 Å². The Morgan fingerprint density at radius 3 is 2.50 bits per heavy atom. The van der Waals surface area contributed by atoms with Crippen molar-refractivity contribution < 1.29 is 24.2 Å². The van der Waals surface area contributed by atoms with Crippen molar-refractivity contribution in [3.05, 3.63) is 29.3 Å². The van der Waals surface area contributed by atoms with Crippen molar-refractivity contribution in [2.24, 2.45) is 0 Å². The number of hydrogen-bond donors (Lipinski definition) is 1. The van der Waals surface area contributed by atoms with Crippen molar-refractivity contribution in [3.8, 4) is 5.75 Å². The summed E-state index contributed by atoms with van der Waals surface area (Å²) < 4.78 is 9.98. The van der Waals surface area contributed by atoms with E-state index >= 15 is 0 Å². The fraction of sp³-hybridized carbons (Fsp3) is 0.273. The van der Waals surface area contributed by atoms with Crippen molar-refractivity contribution in [3.63, 3.8) is 0 Å². The van der Waals surface area contributed by atoms with E-state index < -0.39 is 11.8 Å². The predicted molar refractivity (Wildman–Crippen MR) is 55.7 cm³/mol. The molecule has 0 unspecified atom stereocenters. The number of aliphatic carboxylic acids is 1. The molecule has 1 aromatic rings. The van der Waals surface area contributed by atoms with Crippen LogP contribution in [0, 0.1) is 0 Å². The number of carbonyl (C=O) groups excluding carboxylic acids is 1. The summed E-state index contributed by atoms with van der Waals surface area (Å²) in [7, 11) is 3.00. The molecule has 0 aliphatic rings. The van der Waals surface area contributed by atoms with Crippen molar-refractivity contribution in [1.82, 2.24) is 0 Å². The van der Waals surface area contributed by atoms with Crippen molar-refractivity contribution in [2.75, 3.05) is 14.2 Å². The molecule has 0 fully saturated rings. The second-order valence-corrected chi connectivity index (χ2v) is 3.09. The van der Waals surface area contributed by atoms with Gasteiger partial charge in [0.2, 0.25) is 0 Å². The average molecular weight is 224 g/mol. The Kier molecular flexibility index (Phi) is 4.02. The number of hydrogen-bond acceptors (Lipinski definition) is 4. The number of ketones is 1. The van der Waals surface area contributed by atoms with E-state index in [9.17, 15) is 9.59 Å². The molecule has 0 amide bonds. The number of ether oxygens (including phenoxy) is 2. The first-order valence-electron chi connectivity index (χ1n) is 4.53. The van der Waals surface area contributed by atoms with Crippen molar-refractivity contribution >= 4 is 11.8 Å². The summed E-state index contributed by atoms with van der Waals surface area (Å²) in [6, 6.07) is 4.41. The van der Waals surface area contributed by atoms with Crippen LogP contribution in [0.1, 0.15) is 15.9 Å². The molecule has 0 aromatic heterocycles. The van der Waals surface area contributed by atoms with Gasteiger partial charge >= 0.3 is 5.97 Å². The molecule has 0 saturated carbocycles. The number of carboxylic acid groups (broad SMARTS) is 1. The van der Waals surface area contributed by atoms with E-state index in [2.05, 4.69) is 0 Å². The molecule has 0 aliphatic carbocycles. The third kappa shape index (κ3) is 2.58. The maximum Gasteiger partial charge on any atom is 0.377 e. The topological polar surface area (TPSA) is 72.8 Å². The van der Waals surface area contributed by atoms with E-state index in [0.717, 1.165) is 0 Å². The molecule has 86 valence electrons. The summed E-state index contributed by atoms with van der Waals surface area (Å²) in [6.07, 6.45) is 0. The van der Waals surface area contributed by atoms with E-state index in [1.54, 1.807) is 6.07 Å². The first-order chi connectivity index (χ1) is 7.60. The van der Waals surface area contributed by atoms with Crippen LogP contribution in [0.3, 0.4) is 0 Å². The van der Waals surface area contributed by atoms with Gasteiger partial charge in [0.15, 0.2) is 0 Å². The summed E-state index contributed by atoms with van der Waals surface area (Å²) in [5.74, 6) is -1.86. The van der Waals surface area contributed by atoms with Crippen LogP contribution >= 0.6 is 0 Å². The van der Waals surface area contributed by atoms with Gasteiger partial charge in [0, 0.05) is 18.2 Å². The van der Waals surface area contributed by atoms with Gasteiger partial charge in [0.25, 0.3) is 5.78 Å². The molecule has 0 aliphatic heterocycles. The zero-order valence-electron chi connectivity index (χ0n) is 9.02. The van der Waals surface area contributed by atoms with Crippen LogP contribution in [0.5, 0.6) is 5.75 Å². The minimum Gasteiger partial charge on any atom is -0.496 e. The minimum absolute atomic E-state index is 0.111. The highest BCUT2D eigenvalue weighted by Gasteiger charge is 2.16. The number of methoxy groups -OCH3 is 2. The Labute approximate surface area is 92.6 Å². The number of benzene rings is 1. The number of Topliss-reactive ketones (excluding diaryl/α,β-unsaturated/α-hetero) is 1. The Bertz CT molecular complexity index is 411. The predicted octanol–water partition coefficient (Wildman–Crippen LogP) is 1.11. The van der Waals surface area contributed by atoms with Crippen LogP contribution in [-0.2, 0) is 16.1 Å². The lowest BCUT2D eigenvalue weighted by Gasteiger charge is -2.08. The quantitative estimate of drug-likeness (QED) is 0.599. The van der Waals surface area contributed by atoms with Crippen LogP contribution in [0.15, 0.2) is 18.2 Å². The second kappa shape index (κ2) is 5.27. The number of rotatable bonds is 5. The molecule has 16 heavy (non-hydrogen) atoms. The molecular formula is C11H12O5. The van der Waals surface area contributed by atoms with Crippen LogP contribution < -0.4 is 4.74 Å². The standard InChI is InChI=1S/C11H12O5/c1-15-6-8-5-7(10(12)11(13)14)3-4-9(8)16-2/h3-5H,6H2,1-2H3,(H,13,14). The molecule has 0 heterocycles. The van der Waals surface area contributed by atoms with E-state index in [1.807, 2.05) is 0 Å². The van der Waals surface area contributed by atoms with Crippen molar-refractivity contribution in [2.45, 2.75) is 6.61 Å². The third-order valence-corrected chi connectivity index (χ3v) is 2.04. The highest BCUT2D eigenvalue weighted by molar-refractivity contribution is 6.39. The van der Waals surface area contributed by atoms with Crippen molar-refractivity contribution in [1.29, 1.82) is 0 Å². The molecule has 0 radical (unpaired) electrons. The third-order valence-electron chi connectivity index (χ3n) is 2.04. The normalized spacial score (nSPS) is 9.88. The SMILES string of the molecule is COCc1cc(C(=O)C(=O)O)ccc1OC. The lowest BCUT2D eigenvalue weighted by Crippen LogP contribution is -2.13. The van der Waals surface area contributed by atoms with Gasteiger partial charge < -0.3 is 14.6 Å². The average Bonchev–Trinajstić information content (AvgIpc) is 2.28. The summed E-state index contributed by atoms with van der Waals surface area (Å²) in [6.45, 7) is 0.254. The maximum atomic E-state index is 11.2. The van der Waals surface area contributed by atoms with Crippen LogP contribution in [-0.4, -0.2) is 31.1 Å². The number of carboxylic acids is 1. The molecule has 0 atom stereocenters. The van der Waals surface area contributed by atoms with Crippen LogP contribution in [0.25, 0.3) is 0 Å². The molecule has 0 spiro atoms. The first-order valence-corrected chi connectivity index (χ1v) is 4.53. The zero-order chi connectivity index (χ0) is 12.1. The summed E-state index contributed by atoms with van der Waals surface area (Å²) in [5.41, 5.74) is 0.748. The first kappa shape index (κ1) is 12.2. The Hall–Kier alpha value is -1.88. The maximum absolute atomic E-state index is 11.2. The smallest absolute Gasteiger partial charge is 0.377 e. The van der Waals surface area contributed by atoms with Gasteiger partial charge in [0.1, 0.15) is 5.75 Å². The largest absolute Gasteiger partial charge is 0.496 e. The molecule has 5 heteroatoms. The fourth-order valence-corrected chi connectivity index (χ4v) is 1.31. The number of carbonyl (C=O) groups is 2. The summed E-state index contributed by atoms with van der Waals surface area (Å²) >= 11 is 0. The van der Waals surface area contributed by atoms with Gasteiger partial charge in [-0.05, 0) is 18.2 Å². The highest BCUT2D eigenvalue weighted by Crippen LogP contribution is 2.20. The van der Waals surface area contributed by atoms with Gasteiger partial charge in [-0.15, -0.1) is 0 Å². The Morgan fingerprint density at radius 1 is 1.31 bits per heavy atom. The van der Waals surface area contributed by atoms with Gasteiger partial charge in [-0.2, -0.15) is 0 Å². The molecular weight excluding hydrogens is 212 g/mol.